The van der Waals surface area contributed by atoms with Crippen LogP contribution in [0.25, 0.3) is 33.5 Å². The van der Waals surface area contributed by atoms with Gasteiger partial charge in [0.1, 0.15) is 0 Å². The maximum absolute atomic E-state index is 4.61. The van der Waals surface area contributed by atoms with Crippen LogP contribution >= 0.6 is 0 Å². The predicted molar refractivity (Wildman–Crippen MR) is 153 cm³/mol. The Morgan fingerprint density at radius 2 is 1.35 bits per heavy atom. The van der Waals surface area contributed by atoms with Crippen molar-refractivity contribution >= 4 is 22.7 Å². The molecule has 0 fully saturated rings. The number of para-hydroxylation sites is 1. The van der Waals surface area contributed by atoms with Gasteiger partial charge in [-0.1, -0.05) is 66.7 Å². The van der Waals surface area contributed by atoms with E-state index in [0.29, 0.717) is 0 Å². The van der Waals surface area contributed by atoms with Crippen LogP contribution in [0, 0.1) is 0 Å². The van der Waals surface area contributed by atoms with Gasteiger partial charge in [-0.2, -0.15) is 0 Å². The van der Waals surface area contributed by atoms with E-state index < -0.39 is 0 Å². The van der Waals surface area contributed by atoms with Crippen molar-refractivity contribution < 1.29 is 0 Å². The summed E-state index contributed by atoms with van der Waals surface area (Å²) < 4.78 is 0. The molecule has 0 aliphatic carbocycles. The Bertz CT molecular complexity index is 1640. The molecular weight excluding hydrogens is 452 g/mol. The summed E-state index contributed by atoms with van der Waals surface area (Å²) in [6.45, 7) is 0.834. The van der Waals surface area contributed by atoms with Crippen LogP contribution in [0.1, 0.15) is 0 Å². The number of fused-ring (bicyclic) bond motifs is 5. The van der Waals surface area contributed by atoms with Crippen LogP contribution in [-0.4, -0.2) is 23.6 Å². The normalized spacial score (nSPS) is 13.7. The third-order valence-corrected chi connectivity index (χ3v) is 7.15. The summed E-state index contributed by atoms with van der Waals surface area (Å²) in [7, 11) is 2.10. The van der Waals surface area contributed by atoms with Crippen molar-refractivity contribution in [3.63, 3.8) is 0 Å². The number of aromatic nitrogens is 1. The molecular formula is C33H26N4. The fraction of sp³-hybridized carbons (Fsp3) is 0.0606. The van der Waals surface area contributed by atoms with Crippen LogP contribution in [0.4, 0.5) is 22.7 Å². The van der Waals surface area contributed by atoms with E-state index >= 15 is 0 Å². The molecule has 2 aliphatic heterocycles. The van der Waals surface area contributed by atoms with E-state index in [4.69, 9.17) is 0 Å². The molecule has 0 bridgehead atoms. The highest BCUT2D eigenvalue weighted by Crippen LogP contribution is 2.51. The zero-order valence-corrected chi connectivity index (χ0v) is 20.6. The first-order valence-corrected chi connectivity index (χ1v) is 12.6. The Kier molecular flexibility index (Phi) is 5.03. The molecule has 0 atom stereocenters. The Balaban J connectivity index is 1.49. The molecule has 0 amide bonds. The standard InChI is InChI=1S/C33H26N4/c1-35-19-20-36(23-35)25-16-17-30-28-12-3-2-11-27(28)29-13-4-5-15-32(29)37(33(30)22-25)26-10-8-9-24(21-26)31-14-6-7-18-34-31/h2-22H,23H2,1H3. The first kappa shape index (κ1) is 21.5. The molecule has 7 rings (SSSR count). The summed E-state index contributed by atoms with van der Waals surface area (Å²) in [4.78, 5) is 11.5. The number of hydrogen-bond acceptors (Lipinski definition) is 4. The van der Waals surface area contributed by atoms with Crippen molar-refractivity contribution in [1.29, 1.82) is 0 Å². The molecule has 0 radical (unpaired) electrons. The summed E-state index contributed by atoms with van der Waals surface area (Å²) in [6, 6.07) is 39.0. The predicted octanol–water partition coefficient (Wildman–Crippen LogP) is 8.05. The summed E-state index contributed by atoms with van der Waals surface area (Å²) in [6.07, 6.45) is 6.11. The van der Waals surface area contributed by atoms with Crippen LogP contribution in [0.3, 0.4) is 0 Å². The maximum Gasteiger partial charge on any atom is 0.0938 e. The van der Waals surface area contributed by atoms with E-state index in [1.54, 1.807) is 0 Å². The van der Waals surface area contributed by atoms with Gasteiger partial charge >= 0.3 is 0 Å². The smallest absolute Gasteiger partial charge is 0.0938 e. The van der Waals surface area contributed by atoms with Gasteiger partial charge < -0.3 is 14.7 Å². The molecule has 5 aromatic rings. The van der Waals surface area contributed by atoms with Gasteiger partial charge in [-0.3, -0.25) is 4.98 Å². The lowest BCUT2D eigenvalue weighted by Crippen LogP contribution is -2.22. The number of rotatable bonds is 3. The largest absolute Gasteiger partial charge is 0.361 e. The third-order valence-electron chi connectivity index (χ3n) is 7.15. The Morgan fingerprint density at radius 3 is 2.11 bits per heavy atom. The number of benzene rings is 4. The molecule has 37 heavy (non-hydrogen) atoms. The van der Waals surface area contributed by atoms with Gasteiger partial charge in [0.2, 0.25) is 0 Å². The van der Waals surface area contributed by atoms with Crippen molar-refractivity contribution in [3.8, 4) is 33.5 Å². The highest BCUT2D eigenvalue weighted by atomic mass is 15.3. The zero-order chi connectivity index (χ0) is 24.8. The fourth-order valence-corrected chi connectivity index (χ4v) is 5.40. The molecule has 4 heteroatoms. The monoisotopic (exact) mass is 478 g/mol. The van der Waals surface area contributed by atoms with Gasteiger partial charge in [-0.15, -0.1) is 0 Å². The second-order valence-corrected chi connectivity index (χ2v) is 9.53. The van der Waals surface area contributed by atoms with E-state index in [1.165, 1.54) is 27.9 Å². The van der Waals surface area contributed by atoms with E-state index in [9.17, 15) is 0 Å². The Hall–Kier alpha value is -4.83. The second-order valence-electron chi connectivity index (χ2n) is 9.53. The van der Waals surface area contributed by atoms with Gasteiger partial charge in [0, 0.05) is 53.7 Å². The summed E-state index contributed by atoms with van der Waals surface area (Å²) in [5, 5.41) is 0. The first-order valence-electron chi connectivity index (χ1n) is 12.6. The summed E-state index contributed by atoms with van der Waals surface area (Å²) >= 11 is 0. The third kappa shape index (κ3) is 3.66. The van der Waals surface area contributed by atoms with E-state index in [-0.39, 0.29) is 0 Å². The molecule has 178 valence electrons. The molecule has 0 saturated carbocycles. The van der Waals surface area contributed by atoms with Crippen molar-refractivity contribution in [1.82, 2.24) is 9.88 Å². The van der Waals surface area contributed by atoms with E-state index in [1.807, 2.05) is 18.3 Å². The van der Waals surface area contributed by atoms with Crippen molar-refractivity contribution in [3.05, 3.63) is 128 Å². The van der Waals surface area contributed by atoms with Gasteiger partial charge in [0.15, 0.2) is 0 Å². The molecule has 0 spiro atoms. The highest BCUT2D eigenvalue weighted by Gasteiger charge is 2.27. The lowest BCUT2D eigenvalue weighted by Gasteiger charge is -2.29. The topological polar surface area (TPSA) is 22.6 Å². The first-order chi connectivity index (χ1) is 18.3. The maximum atomic E-state index is 4.61. The van der Waals surface area contributed by atoms with Crippen molar-refractivity contribution in [2.24, 2.45) is 0 Å². The highest BCUT2D eigenvalue weighted by molar-refractivity contribution is 6.03. The summed E-state index contributed by atoms with van der Waals surface area (Å²) in [5.41, 5.74) is 11.6. The number of anilines is 4. The average Bonchev–Trinajstić information content (AvgIpc) is 3.35. The van der Waals surface area contributed by atoms with Crippen molar-refractivity contribution in [2.75, 3.05) is 23.5 Å². The van der Waals surface area contributed by atoms with Crippen LogP contribution in [-0.2, 0) is 0 Å². The lowest BCUT2D eigenvalue weighted by molar-refractivity contribution is 0.496. The number of pyridine rings is 1. The number of hydrogen-bond donors (Lipinski definition) is 0. The van der Waals surface area contributed by atoms with Gasteiger partial charge in [0.05, 0.1) is 23.7 Å². The summed E-state index contributed by atoms with van der Waals surface area (Å²) in [5.74, 6) is 0. The second kappa shape index (κ2) is 8.68. The van der Waals surface area contributed by atoms with Gasteiger partial charge in [-0.05, 0) is 53.6 Å². The Labute approximate surface area is 217 Å². The fourth-order valence-electron chi connectivity index (χ4n) is 5.40. The minimum absolute atomic E-state index is 0.834. The quantitative estimate of drug-likeness (QED) is 0.257. The minimum Gasteiger partial charge on any atom is -0.361 e. The molecule has 1 aromatic heterocycles. The molecule has 0 N–H and O–H groups in total. The Morgan fingerprint density at radius 1 is 0.595 bits per heavy atom. The van der Waals surface area contributed by atoms with Crippen LogP contribution in [0.15, 0.2) is 128 Å². The van der Waals surface area contributed by atoms with E-state index in [2.05, 4.69) is 136 Å². The van der Waals surface area contributed by atoms with Gasteiger partial charge in [0.25, 0.3) is 0 Å². The van der Waals surface area contributed by atoms with Gasteiger partial charge in [-0.25, -0.2) is 0 Å². The molecule has 3 heterocycles. The lowest BCUT2D eigenvalue weighted by atomic mass is 9.94. The van der Waals surface area contributed by atoms with Crippen LogP contribution in [0.2, 0.25) is 0 Å². The molecule has 4 aromatic carbocycles. The molecule has 4 nitrogen and oxygen atoms in total. The average molecular weight is 479 g/mol. The molecule has 0 saturated heterocycles. The minimum atomic E-state index is 0.834. The number of nitrogens with zero attached hydrogens (tertiary/aromatic N) is 4. The van der Waals surface area contributed by atoms with Crippen molar-refractivity contribution in [2.45, 2.75) is 0 Å². The molecule has 0 unspecified atom stereocenters. The molecule has 2 aliphatic rings. The SMILES string of the molecule is CN1C=CN(c2ccc3c(c2)N(c2cccc(-c4ccccn4)c2)c2ccccc2-c2ccccc2-3)C1. The van der Waals surface area contributed by atoms with E-state index in [0.717, 1.165) is 35.0 Å². The van der Waals surface area contributed by atoms with Crippen LogP contribution in [0.5, 0.6) is 0 Å². The zero-order valence-electron chi connectivity index (χ0n) is 20.6. The van der Waals surface area contributed by atoms with Crippen LogP contribution < -0.4 is 9.80 Å².